The first-order chi connectivity index (χ1) is 15.6. The van der Waals surface area contributed by atoms with Crippen molar-refractivity contribution in [2.75, 3.05) is 23.4 Å². The molecule has 0 fully saturated rings. The number of nitrogens with zero attached hydrogens (tertiary/aromatic N) is 2. The molecule has 0 spiro atoms. The van der Waals surface area contributed by atoms with Crippen LogP contribution in [0.25, 0.3) is 0 Å². The molecule has 2 aromatic carbocycles. The Hall–Kier alpha value is -3.30. The van der Waals surface area contributed by atoms with Crippen LogP contribution in [0.15, 0.2) is 54.7 Å². The van der Waals surface area contributed by atoms with E-state index in [9.17, 15) is 23.1 Å². The van der Waals surface area contributed by atoms with Gasteiger partial charge in [0.1, 0.15) is 6.61 Å². The van der Waals surface area contributed by atoms with Gasteiger partial charge < -0.3 is 20.1 Å². The van der Waals surface area contributed by atoms with Crippen molar-refractivity contribution in [3.63, 3.8) is 0 Å². The molecule has 0 saturated carbocycles. The van der Waals surface area contributed by atoms with E-state index in [2.05, 4.69) is 10.3 Å². The van der Waals surface area contributed by atoms with Crippen LogP contribution in [0.1, 0.15) is 34.5 Å². The van der Waals surface area contributed by atoms with E-state index in [-0.39, 0.29) is 17.9 Å². The smallest absolute Gasteiger partial charge is 0.416 e. The molecule has 3 aromatic rings. The highest BCUT2D eigenvalue weighted by atomic mass is 35.5. The molecule has 1 aromatic heterocycles. The number of hydrogen-bond acceptors (Lipinski definition) is 5. The van der Waals surface area contributed by atoms with Gasteiger partial charge in [0.2, 0.25) is 0 Å². The third kappa shape index (κ3) is 4.74. The van der Waals surface area contributed by atoms with E-state index in [4.69, 9.17) is 16.3 Å². The van der Waals surface area contributed by atoms with Crippen LogP contribution >= 0.6 is 11.6 Å². The van der Waals surface area contributed by atoms with E-state index in [1.807, 2.05) is 4.90 Å². The molecule has 2 N–H and O–H groups in total. The van der Waals surface area contributed by atoms with Crippen LogP contribution in [0.2, 0.25) is 5.02 Å². The molecule has 1 amide bonds. The van der Waals surface area contributed by atoms with Crippen molar-refractivity contribution in [2.45, 2.75) is 19.2 Å². The molecule has 2 heterocycles. The van der Waals surface area contributed by atoms with Gasteiger partial charge in [-0.2, -0.15) is 13.2 Å². The quantitative estimate of drug-likeness (QED) is 0.512. The number of anilines is 3. The van der Waals surface area contributed by atoms with Crippen molar-refractivity contribution in [3.05, 3.63) is 76.4 Å². The molecule has 1 unspecified atom stereocenters. The third-order valence-electron chi connectivity index (χ3n) is 5.14. The molecule has 172 valence electrons. The summed E-state index contributed by atoms with van der Waals surface area (Å²) in [6.07, 6.45) is -3.65. The number of carbonyl (C=O) groups excluding carboxylic acids is 1. The highest BCUT2D eigenvalue weighted by Crippen LogP contribution is 2.41. The topological polar surface area (TPSA) is 74.7 Å². The fraction of sp³-hybridized carbons (Fsp3) is 0.217. The number of aliphatic hydroxyl groups excluding tert-OH is 1. The van der Waals surface area contributed by atoms with E-state index < -0.39 is 23.8 Å². The monoisotopic (exact) mass is 477 g/mol. The largest absolute Gasteiger partial charge is 0.489 e. The molecule has 33 heavy (non-hydrogen) atoms. The van der Waals surface area contributed by atoms with Gasteiger partial charge in [-0.25, -0.2) is 4.98 Å². The van der Waals surface area contributed by atoms with Crippen molar-refractivity contribution >= 4 is 34.7 Å². The van der Waals surface area contributed by atoms with Crippen molar-refractivity contribution in [1.29, 1.82) is 0 Å². The predicted octanol–water partition coefficient (Wildman–Crippen LogP) is 5.59. The van der Waals surface area contributed by atoms with E-state index in [0.717, 1.165) is 12.1 Å². The number of aromatic nitrogens is 1. The Bertz CT molecular complexity index is 1180. The Balaban J connectivity index is 1.62. The normalized spacial score (nSPS) is 14.3. The van der Waals surface area contributed by atoms with E-state index >= 15 is 0 Å². The number of halogens is 4. The Kier molecular flexibility index (Phi) is 6.18. The van der Waals surface area contributed by atoms with Gasteiger partial charge in [0, 0.05) is 17.4 Å². The number of carbonyl (C=O) groups is 1. The zero-order chi connectivity index (χ0) is 23.8. The van der Waals surface area contributed by atoms with Crippen LogP contribution < -0.4 is 15.0 Å². The van der Waals surface area contributed by atoms with Crippen LogP contribution in [0, 0.1) is 0 Å². The standard InChI is InChI=1S/C23H19ClF3N3O3/c1-13(31)14-11-18(24)21(28-12-14)30-9-10-33-20-17(3-2-4-19(20)30)22(32)29-16-7-5-15(6-8-16)23(25,26)27/h2-8,11-13,31H,9-10H2,1H3,(H,29,32). The minimum atomic E-state index is -4.46. The van der Waals surface area contributed by atoms with Crippen molar-refractivity contribution in [2.24, 2.45) is 0 Å². The second kappa shape index (κ2) is 8.92. The molecular weight excluding hydrogens is 459 g/mol. The van der Waals surface area contributed by atoms with Crippen molar-refractivity contribution < 1.29 is 27.8 Å². The second-order valence-corrected chi connectivity index (χ2v) is 7.84. The number of para-hydroxylation sites is 1. The van der Waals surface area contributed by atoms with Crippen molar-refractivity contribution in [3.8, 4) is 5.75 Å². The summed E-state index contributed by atoms with van der Waals surface area (Å²) >= 11 is 6.41. The fourth-order valence-corrected chi connectivity index (χ4v) is 3.74. The number of alkyl halides is 3. The first-order valence-electron chi connectivity index (χ1n) is 10.0. The lowest BCUT2D eigenvalue weighted by Gasteiger charge is -2.32. The second-order valence-electron chi connectivity index (χ2n) is 7.43. The van der Waals surface area contributed by atoms with E-state index in [1.54, 1.807) is 31.2 Å². The minimum Gasteiger partial charge on any atom is -0.489 e. The number of rotatable bonds is 4. The maximum absolute atomic E-state index is 12.9. The SMILES string of the molecule is CC(O)c1cnc(N2CCOc3c(C(=O)Nc4ccc(C(F)(F)F)cc4)cccc32)c(Cl)c1. The number of fused-ring (bicyclic) bond motifs is 1. The maximum Gasteiger partial charge on any atom is 0.416 e. The first-order valence-corrected chi connectivity index (χ1v) is 10.4. The Morgan fingerprint density at radius 2 is 1.97 bits per heavy atom. The summed E-state index contributed by atoms with van der Waals surface area (Å²) in [5, 5.41) is 12.7. The molecule has 10 heteroatoms. The molecule has 0 bridgehead atoms. The molecule has 6 nitrogen and oxygen atoms in total. The summed E-state index contributed by atoms with van der Waals surface area (Å²) in [6, 6.07) is 10.8. The predicted molar refractivity (Wildman–Crippen MR) is 118 cm³/mol. The van der Waals surface area contributed by atoms with Gasteiger partial charge in [-0.1, -0.05) is 17.7 Å². The molecule has 0 aliphatic carbocycles. The molecule has 1 aliphatic heterocycles. The van der Waals surface area contributed by atoms with Crippen molar-refractivity contribution in [1.82, 2.24) is 4.98 Å². The van der Waals surface area contributed by atoms with Crippen LogP contribution in [0.3, 0.4) is 0 Å². The summed E-state index contributed by atoms with van der Waals surface area (Å²) in [5.41, 5.74) is 0.774. The molecule has 1 atom stereocenters. The Morgan fingerprint density at radius 1 is 1.24 bits per heavy atom. The lowest BCUT2D eigenvalue weighted by Crippen LogP contribution is -2.31. The zero-order valence-electron chi connectivity index (χ0n) is 17.4. The Labute approximate surface area is 192 Å². The Morgan fingerprint density at radius 3 is 2.61 bits per heavy atom. The van der Waals surface area contributed by atoms with E-state index in [1.165, 1.54) is 18.3 Å². The third-order valence-corrected chi connectivity index (χ3v) is 5.42. The lowest BCUT2D eigenvalue weighted by molar-refractivity contribution is -0.137. The first kappa shape index (κ1) is 22.9. The molecular formula is C23H19ClF3N3O3. The highest BCUT2D eigenvalue weighted by Gasteiger charge is 2.30. The van der Waals surface area contributed by atoms with Gasteiger partial charge in [0.15, 0.2) is 11.6 Å². The lowest BCUT2D eigenvalue weighted by atomic mass is 10.1. The molecule has 1 aliphatic rings. The summed E-state index contributed by atoms with van der Waals surface area (Å²) in [4.78, 5) is 19.1. The minimum absolute atomic E-state index is 0.217. The summed E-state index contributed by atoms with van der Waals surface area (Å²) in [7, 11) is 0. The summed E-state index contributed by atoms with van der Waals surface area (Å²) in [6.45, 7) is 2.30. The van der Waals surface area contributed by atoms with Gasteiger partial charge in [-0.15, -0.1) is 0 Å². The molecule has 0 saturated heterocycles. The van der Waals surface area contributed by atoms with Crippen LogP contribution in [-0.4, -0.2) is 29.1 Å². The zero-order valence-corrected chi connectivity index (χ0v) is 18.1. The van der Waals surface area contributed by atoms with Gasteiger partial charge in [0.25, 0.3) is 5.91 Å². The van der Waals surface area contributed by atoms with Gasteiger partial charge >= 0.3 is 6.18 Å². The molecule has 0 radical (unpaired) electrons. The van der Waals surface area contributed by atoms with Gasteiger partial charge in [-0.05, 0) is 49.4 Å². The van der Waals surface area contributed by atoms with Crippen LogP contribution in [-0.2, 0) is 6.18 Å². The van der Waals surface area contributed by atoms with Gasteiger partial charge in [0.05, 0.1) is 34.5 Å². The number of nitrogens with one attached hydrogen (secondary N) is 1. The number of pyridine rings is 1. The highest BCUT2D eigenvalue weighted by molar-refractivity contribution is 6.33. The number of ether oxygens (including phenoxy) is 1. The van der Waals surface area contributed by atoms with Crippen LogP contribution in [0.5, 0.6) is 5.75 Å². The number of aliphatic hydroxyl groups is 1. The number of amides is 1. The molecule has 4 rings (SSSR count). The summed E-state index contributed by atoms with van der Waals surface area (Å²) < 4.78 is 44.1. The average Bonchev–Trinajstić information content (AvgIpc) is 2.78. The van der Waals surface area contributed by atoms with Gasteiger partial charge in [-0.3, -0.25) is 4.79 Å². The number of benzene rings is 2. The average molecular weight is 478 g/mol. The number of hydrogen-bond donors (Lipinski definition) is 2. The van der Waals surface area contributed by atoms with E-state index in [0.29, 0.717) is 34.4 Å². The van der Waals surface area contributed by atoms with Crippen LogP contribution in [0.4, 0.5) is 30.4 Å². The maximum atomic E-state index is 12.9. The summed E-state index contributed by atoms with van der Waals surface area (Å²) in [5.74, 6) is 0.230. The fourth-order valence-electron chi connectivity index (χ4n) is 3.46.